The van der Waals surface area contributed by atoms with E-state index in [1.807, 2.05) is 25.3 Å². The standard InChI is InChI=1S/C8H7N2O/c1-7-5-10(6-9-7)8-3-2-4-11-8/h2-5H,1H3. The molecule has 0 amide bonds. The normalized spacial score (nSPS) is 10.3. The lowest BCUT2D eigenvalue weighted by Gasteiger charge is -1.90. The Morgan fingerprint density at radius 3 is 3.09 bits per heavy atom. The van der Waals surface area contributed by atoms with Crippen molar-refractivity contribution in [3.63, 3.8) is 0 Å². The Labute approximate surface area is 64.3 Å². The molecule has 0 atom stereocenters. The van der Waals surface area contributed by atoms with E-state index in [0.717, 1.165) is 11.6 Å². The Bertz CT molecular complexity index is 335. The van der Waals surface area contributed by atoms with Crippen molar-refractivity contribution in [1.82, 2.24) is 9.55 Å². The Morgan fingerprint density at radius 2 is 2.55 bits per heavy atom. The number of furan rings is 1. The molecule has 0 aliphatic heterocycles. The summed E-state index contributed by atoms with van der Waals surface area (Å²) in [6.45, 7) is 1.91. The summed E-state index contributed by atoms with van der Waals surface area (Å²) in [6.07, 6.45) is 6.26. The van der Waals surface area contributed by atoms with Crippen LogP contribution in [0.4, 0.5) is 0 Å². The maximum atomic E-state index is 5.12. The minimum absolute atomic E-state index is 0.741. The maximum Gasteiger partial charge on any atom is 0.205 e. The van der Waals surface area contributed by atoms with Crippen LogP contribution in [0.15, 0.2) is 29.0 Å². The van der Waals surface area contributed by atoms with Gasteiger partial charge in [0.25, 0.3) is 0 Å². The molecular formula is C8H7N2O. The first-order valence-corrected chi connectivity index (χ1v) is 3.34. The van der Waals surface area contributed by atoms with Gasteiger partial charge in [-0.3, -0.25) is 4.57 Å². The van der Waals surface area contributed by atoms with Gasteiger partial charge >= 0.3 is 0 Å². The number of rotatable bonds is 1. The van der Waals surface area contributed by atoms with Crippen molar-refractivity contribution in [2.24, 2.45) is 0 Å². The molecule has 2 heterocycles. The highest BCUT2D eigenvalue weighted by Crippen LogP contribution is 2.07. The average molecular weight is 147 g/mol. The predicted octanol–water partition coefficient (Wildman–Crippen LogP) is 1.57. The van der Waals surface area contributed by atoms with Gasteiger partial charge in [-0.25, -0.2) is 4.98 Å². The van der Waals surface area contributed by atoms with Crippen LogP contribution in [0.1, 0.15) is 5.69 Å². The van der Waals surface area contributed by atoms with E-state index in [2.05, 4.69) is 11.3 Å². The molecule has 0 aliphatic carbocycles. The smallest absolute Gasteiger partial charge is 0.205 e. The fraction of sp³-hybridized carbons (Fsp3) is 0.125. The maximum absolute atomic E-state index is 5.12. The lowest BCUT2D eigenvalue weighted by atomic mass is 10.5. The first kappa shape index (κ1) is 6.22. The minimum Gasteiger partial charge on any atom is -0.448 e. The van der Waals surface area contributed by atoms with Crippen LogP contribution in [0.2, 0.25) is 0 Å². The third-order valence-corrected chi connectivity index (χ3v) is 1.39. The van der Waals surface area contributed by atoms with Crippen molar-refractivity contribution in [2.75, 3.05) is 0 Å². The summed E-state index contributed by atoms with van der Waals surface area (Å²) < 4.78 is 6.84. The summed E-state index contributed by atoms with van der Waals surface area (Å²) in [6, 6.07) is 3.69. The van der Waals surface area contributed by atoms with Gasteiger partial charge in [-0.05, 0) is 13.0 Å². The monoisotopic (exact) mass is 147 g/mol. The van der Waals surface area contributed by atoms with Crippen LogP contribution in [0.25, 0.3) is 5.88 Å². The molecule has 0 unspecified atom stereocenters. The fourth-order valence-corrected chi connectivity index (χ4v) is 0.897. The molecule has 1 radical (unpaired) electrons. The molecule has 3 nitrogen and oxygen atoms in total. The zero-order chi connectivity index (χ0) is 7.68. The SMILES string of the molecule is Cc1cn(-c2ccco2)[c]n1. The molecule has 2 rings (SSSR count). The Hall–Kier alpha value is -1.51. The van der Waals surface area contributed by atoms with Crippen molar-refractivity contribution in [3.05, 3.63) is 36.6 Å². The topological polar surface area (TPSA) is 31.0 Å². The van der Waals surface area contributed by atoms with Gasteiger partial charge in [0.15, 0.2) is 6.33 Å². The van der Waals surface area contributed by atoms with Crippen molar-refractivity contribution in [2.45, 2.75) is 6.92 Å². The molecule has 0 fully saturated rings. The second kappa shape index (κ2) is 2.27. The van der Waals surface area contributed by atoms with E-state index in [1.165, 1.54) is 0 Å². The van der Waals surface area contributed by atoms with Gasteiger partial charge in [0.1, 0.15) is 0 Å². The van der Waals surface area contributed by atoms with E-state index in [-0.39, 0.29) is 0 Å². The van der Waals surface area contributed by atoms with Crippen molar-refractivity contribution >= 4 is 0 Å². The summed E-state index contributed by atoms with van der Waals surface area (Å²) in [5, 5.41) is 0. The van der Waals surface area contributed by atoms with Gasteiger partial charge in [-0.2, -0.15) is 0 Å². The molecule has 2 aromatic rings. The first-order chi connectivity index (χ1) is 5.36. The summed E-state index contributed by atoms with van der Waals surface area (Å²) in [4.78, 5) is 3.95. The summed E-state index contributed by atoms with van der Waals surface area (Å²) in [5.74, 6) is 0.741. The predicted molar refractivity (Wildman–Crippen MR) is 39.4 cm³/mol. The molecule has 0 bridgehead atoms. The summed E-state index contributed by atoms with van der Waals surface area (Å²) >= 11 is 0. The van der Waals surface area contributed by atoms with Gasteiger partial charge < -0.3 is 4.42 Å². The van der Waals surface area contributed by atoms with Crippen molar-refractivity contribution in [1.29, 1.82) is 0 Å². The van der Waals surface area contributed by atoms with E-state index in [0.29, 0.717) is 0 Å². The highest BCUT2D eigenvalue weighted by Gasteiger charge is 1.98. The van der Waals surface area contributed by atoms with Gasteiger partial charge in [-0.15, -0.1) is 0 Å². The molecule has 0 spiro atoms. The lowest BCUT2D eigenvalue weighted by molar-refractivity contribution is 0.537. The highest BCUT2D eigenvalue weighted by molar-refractivity contribution is 5.18. The van der Waals surface area contributed by atoms with Gasteiger partial charge in [0, 0.05) is 12.3 Å². The lowest BCUT2D eigenvalue weighted by Crippen LogP contribution is -1.85. The number of nitrogens with zero attached hydrogens (tertiary/aromatic N) is 2. The molecule has 55 valence electrons. The van der Waals surface area contributed by atoms with Crippen LogP contribution in [-0.4, -0.2) is 9.55 Å². The zero-order valence-electron chi connectivity index (χ0n) is 6.11. The molecule has 0 saturated carbocycles. The summed E-state index contributed by atoms with van der Waals surface area (Å²) in [5.41, 5.74) is 0.932. The van der Waals surface area contributed by atoms with E-state index >= 15 is 0 Å². The Kier molecular flexibility index (Phi) is 1.28. The van der Waals surface area contributed by atoms with Crippen molar-refractivity contribution < 1.29 is 4.42 Å². The third-order valence-electron chi connectivity index (χ3n) is 1.39. The van der Waals surface area contributed by atoms with Crippen LogP contribution >= 0.6 is 0 Å². The van der Waals surface area contributed by atoms with Crippen LogP contribution in [0.3, 0.4) is 0 Å². The number of aromatic nitrogens is 2. The Balaban J connectivity index is 2.45. The number of hydrogen-bond donors (Lipinski definition) is 0. The van der Waals surface area contributed by atoms with E-state index < -0.39 is 0 Å². The highest BCUT2D eigenvalue weighted by atomic mass is 16.3. The van der Waals surface area contributed by atoms with E-state index in [1.54, 1.807) is 10.8 Å². The molecule has 0 N–H and O–H groups in total. The van der Waals surface area contributed by atoms with Crippen LogP contribution in [0.5, 0.6) is 0 Å². The second-order valence-electron chi connectivity index (χ2n) is 2.30. The van der Waals surface area contributed by atoms with Crippen LogP contribution in [0, 0.1) is 13.3 Å². The van der Waals surface area contributed by atoms with Gasteiger partial charge in [0.05, 0.1) is 12.0 Å². The minimum atomic E-state index is 0.741. The molecule has 0 saturated heterocycles. The van der Waals surface area contributed by atoms with Crippen molar-refractivity contribution in [3.8, 4) is 5.88 Å². The zero-order valence-corrected chi connectivity index (χ0v) is 6.11. The van der Waals surface area contributed by atoms with Gasteiger partial charge in [0.2, 0.25) is 5.88 Å². The molecule has 3 heteroatoms. The number of imidazole rings is 1. The van der Waals surface area contributed by atoms with Crippen LogP contribution < -0.4 is 0 Å². The first-order valence-electron chi connectivity index (χ1n) is 3.34. The van der Waals surface area contributed by atoms with Crippen LogP contribution in [-0.2, 0) is 0 Å². The third kappa shape index (κ3) is 1.05. The molecule has 11 heavy (non-hydrogen) atoms. The van der Waals surface area contributed by atoms with E-state index in [9.17, 15) is 0 Å². The number of hydrogen-bond acceptors (Lipinski definition) is 2. The van der Waals surface area contributed by atoms with Gasteiger partial charge in [-0.1, -0.05) is 0 Å². The quantitative estimate of drug-likeness (QED) is 0.613. The average Bonchev–Trinajstić information content (AvgIpc) is 2.55. The molecule has 0 aliphatic rings. The largest absolute Gasteiger partial charge is 0.448 e. The molecule has 2 aromatic heterocycles. The molecular weight excluding hydrogens is 140 g/mol. The Morgan fingerprint density at radius 1 is 1.64 bits per heavy atom. The summed E-state index contributed by atoms with van der Waals surface area (Å²) in [7, 11) is 0. The fourth-order valence-electron chi connectivity index (χ4n) is 0.897. The van der Waals surface area contributed by atoms with E-state index in [4.69, 9.17) is 4.42 Å². The number of aryl methyl sites for hydroxylation is 1. The second-order valence-corrected chi connectivity index (χ2v) is 2.30. The molecule has 0 aromatic carbocycles.